The molecule has 158 valence electrons. The van der Waals surface area contributed by atoms with Crippen LogP contribution in [0.3, 0.4) is 0 Å². The SMILES string of the molecule is COc1ccc(OC(C)C)c(NC(=O)Cc2csc(COc3ccc(Cl)cc3)n2)c1. The highest BCUT2D eigenvalue weighted by Gasteiger charge is 2.13. The zero-order valence-electron chi connectivity index (χ0n) is 17.0. The molecule has 0 radical (unpaired) electrons. The van der Waals surface area contributed by atoms with Crippen LogP contribution < -0.4 is 19.5 Å². The van der Waals surface area contributed by atoms with E-state index in [0.717, 1.165) is 5.01 Å². The summed E-state index contributed by atoms with van der Waals surface area (Å²) in [6.45, 7) is 4.19. The molecule has 1 amide bonds. The molecule has 0 aliphatic rings. The van der Waals surface area contributed by atoms with Crippen LogP contribution in [0.15, 0.2) is 47.8 Å². The van der Waals surface area contributed by atoms with Gasteiger partial charge in [0.15, 0.2) is 0 Å². The Kier molecular flexibility index (Phi) is 7.54. The van der Waals surface area contributed by atoms with E-state index in [-0.39, 0.29) is 18.4 Å². The molecule has 8 heteroatoms. The minimum absolute atomic E-state index is 0.0178. The molecule has 1 heterocycles. The van der Waals surface area contributed by atoms with Gasteiger partial charge < -0.3 is 19.5 Å². The van der Waals surface area contributed by atoms with Crippen molar-refractivity contribution in [2.24, 2.45) is 0 Å². The molecule has 3 rings (SSSR count). The lowest BCUT2D eigenvalue weighted by atomic mass is 10.2. The lowest BCUT2D eigenvalue weighted by Crippen LogP contribution is -2.16. The molecule has 2 aromatic carbocycles. The highest BCUT2D eigenvalue weighted by Crippen LogP contribution is 2.30. The number of aromatic nitrogens is 1. The van der Waals surface area contributed by atoms with Gasteiger partial charge in [-0.15, -0.1) is 11.3 Å². The second-order valence-electron chi connectivity index (χ2n) is 6.73. The Hall–Kier alpha value is -2.77. The highest BCUT2D eigenvalue weighted by atomic mass is 35.5. The van der Waals surface area contributed by atoms with Crippen molar-refractivity contribution in [1.29, 1.82) is 0 Å². The summed E-state index contributed by atoms with van der Waals surface area (Å²) in [6.07, 6.45) is 0.131. The normalized spacial score (nSPS) is 10.7. The number of carbonyl (C=O) groups is 1. The van der Waals surface area contributed by atoms with Crippen LogP contribution in [0.25, 0.3) is 0 Å². The van der Waals surface area contributed by atoms with E-state index in [1.807, 2.05) is 19.2 Å². The molecule has 3 aromatic rings. The van der Waals surface area contributed by atoms with Crippen LogP contribution in [-0.2, 0) is 17.8 Å². The Morgan fingerprint density at radius 2 is 1.90 bits per heavy atom. The zero-order valence-corrected chi connectivity index (χ0v) is 18.5. The van der Waals surface area contributed by atoms with Crippen LogP contribution in [0, 0.1) is 0 Å². The average Bonchev–Trinajstić information content (AvgIpc) is 3.15. The number of methoxy groups -OCH3 is 1. The molecule has 0 bridgehead atoms. The van der Waals surface area contributed by atoms with Crippen molar-refractivity contribution in [2.45, 2.75) is 33.0 Å². The molecule has 1 aromatic heterocycles. The Labute approximate surface area is 184 Å². The Balaban J connectivity index is 1.59. The van der Waals surface area contributed by atoms with Crippen molar-refractivity contribution in [1.82, 2.24) is 4.98 Å². The molecule has 0 saturated carbocycles. The summed E-state index contributed by atoms with van der Waals surface area (Å²) >= 11 is 7.32. The number of halogens is 1. The maximum absolute atomic E-state index is 12.6. The predicted octanol–water partition coefficient (Wildman–Crippen LogP) is 5.35. The second kappa shape index (κ2) is 10.3. The fourth-order valence-corrected chi connectivity index (χ4v) is 3.45. The molecule has 1 N–H and O–H groups in total. The first-order chi connectivity index (χ1) is 14.4. The van der Waals surface area contributed by atoms with Crippen molar-refractivity contribution in [3.63, 3.8) is 0 Å². The standard InChI is InChI=1S/C22H23ClN2O4S/c1-14(2)29-20-9-8-18(27-3)11-19(20)25-21(26)10-16-13-30-22(24-16)12-28-17-6-4-15(23)5-7-17/h4-9,11,13-14H,10,12H2,1-3H3,(H,25,26). The first kappa shape index (κ1) is 21.9. The van der Waals surface area contributed by atoms with E-state index in [9.17, 15) is 4.79 Å². The van der Waals surface area contributed by atoms with Crippen LogP contribution in [0.1, 0.15) is 24.5 Å². The molecule has 0 saturated heterocycles. The van der Waals surface area contributed by atoms with Gasteiger partial charge in [0, 0.05) is 16.5 Å². The number of nitrogens with zero attached hydrogens (tertiary/aromatic N) is 1. The quantitative estimate of drug-likeness (QED) is 0.479. The van der Waals surface area contributed by atoms with Crippen LogP contribution in [0.5, 0.6) is 17.2 Å². The lowest BCUT2D eigenvalue weighted by molar-refractivity contribution is -0.115. The summed E-state index contributed by atoms with van der Waals surface area (Å²) in [7, 11) is 1.58. The summed E-state index contributed by atoms with van der Waals surface area (Å²) in [6, 6.07) is 12.4. The number of carbonyl (C=O) groups excluding carboxylic acids is 1. The molecule has 30 heavy (non-hydrogen) atoms. The summed E-state index contributed by atoms with van der Waals surface area (Å²) in [5, 5.41) is 6.19. The van der Waals surface area contributed by atoms with Gasteiger partial charge in [-0.1, -0.05) is 11.6 Å². The van der Waals surface area contributed by atoms with Crippen LogP contribution >= 0.6 is 22.9 Å². The Morgan fingerprint density at radius 3 is 2.60 bits per heavy atom. The minimum atomic E-state index is -0.188. The molecular weight excluding hydrogens is 424 g/mol. The fraction of sp³-hybridized carbons (Fsp3) is 0.273. The second-order valence-corrected chi connectivity index (χ2v) is 8.11. The minimum Gasteiger partial charge on any atom is -0.497 e. The number of hydrogen-bond donors (Lipinski definition) is 1. The molecule has 0 spiro atoms. The number of anilines is 1. The van der Waals surface area contributed by atoms with Crippen molar-refractivity contribution in [3.8, 4) is 17.2 Å². The number of ether oxygens (including phenoxy) is 3. The number of rotatable bonds is 9. The number of amides is 1. The predicted molar refractivity (Wildman–Crippen MR) is 119 cm³/mol. The van der Waals surface area contributed by atoms with Gasteiger partial charge in [-0.25, -0.2) is 4.98 Å². The first-order valence-corrected chi connectivity index (χ1v) is 10.6. The van der Waals surface area contributed by atoms with Gasteiger partial charge in [-0.3, -0.25) is 4.79 Å². The fourth-order valence-electron chi connectivity index (χ4n) is 2.62. The molecule has 0 unspecified atom stereocenters. The van der Waals surface area contributed by atoms with Crippen LogP contribution in [0.4, 0.5) is 5.69 Å². The van der Waals surface area contributed by atoms with Gasteiger partial charge in [-0.2, -0.15) is 0 Å². The van der Waals surface area contributed by atoms with E-state index in [4.69, 9.17) is 25.8 Å². The maximum Gasteiger partial charge on any atom is 0.230 e. The molecule has 0 aliphatic heterocycles. The molecule has 0 aliphatic carbocycles. The Bertz CT molecular complexity index is 989. The van der Waals surface area contributed by atoms with Gasteiger partial charge in [0.2, 0.25) is 5.91 Å². The average molecular weight is 447 g/mol. The van der Waals surface area contributed by atoms with E-state index in [2.05, 4.69) is 10.3 Å². The lowest BCUT2D eigenvalue weighted by Gasteiger charge is -2.15. The van der Waals surface area contributed by atoms with E-state index >= 15 is 0 Å². The van der Waals surface area contributed by atoms with Gasteiger partial charge >= 0.3 is 0 Å². The monoisotopic (exact) mass is 446 g/mol. The van der Waals surface area contributed by atoms with Crippen molar-refractivity contribution in [2.75, 3.05) is 12.4 Å². The van der Waals surface area contributed by atoms with Gasteiger partial charge in [0.1, 0.15) is 28.9 Å². The van der Waals surface area contributed by atoms with Gasteiger partial charge in [-0.05, 0) is 50.2 Å². The summed E-state index contributed by atoms with van der Waals surface area (Å²) in [5.74, 6) is 1.75. The largest absolute Gasteiger partial charge is 0.497 e. The molecular formula is C22H23ClN2O4S. The first-order valence-electron chi connectivity index (χ1n) is 9.39. The van der Waals surface area contributed by atoms with Crippen molar-refractivity contribution >= 4 is 34.5 Å². The zero-order chi connectivity index (χ0) is 21.5. The van der Waals surface area contributed by atoms with Crippen LogP contribution in [-0.4, -0.2) is 24.1 Å². The van der Waals surface area contributed by atoms with Crippen molar-refractivity contribution < 1.29 is 19.0 Å². The number of thiazole rings is 1. The number of hydrogen-bond acceptors (Lipinski definition) is 6. The van der Waals surface area contributed by atoms with Crippen molar-refractivity contribution in [3.05, 3.63) is 63.6 Å². The molecule has 6 nitrogen and oxygen atoms in total. The van der Waals surface area contributed by atoms with E-state index in [1.54, 1.807) is 49.6 Å². The summed E-state index contributed by atoms with van der Waals surface area (Å²) in [5.41, 5.74) is 1.25. The number of benzene rings is 2. The molecule has 0 atom stereocenters. The number of nitrogens with one attached hydrogen (secondary N) is 1. The smallest absolute Gasteiger partial charge is 0.230 e. The molecule has 0 fully saturated rings. The third-order valence-corrected chi connectivity index (χ3v) is 5.06. The summed E-state index contributed by atoms with van der Waals surface area (Å²) in [4.78, 5) is 17.0. The maximum atomic E-state index is 12.6. The third kappa shape index (κ3) is 6.37. The van der Waals surface area contributed by atoms with Gasteiger partial charge in [0.25, 0.3) is 0 Å². The Morgan fingerprint density at radius 1 is 1.17 bits per heavy atom. The van der Waals surface area contributed by atoms with Crippen LogP contribution in [0.2, 0.25) is 5.02 Å². The topological polar surface area (TPSA) is 69.7 Å². The van der Waals surface area contributed by atoms with E-state index < -0.39 is 0 Å². The van der Waals surface area contributed by atoms with E-state index in [1.165, 1.54) is 11.3 Å². The summed E-state index contributed by atoms with van der Waals surface area (Å²) < 4.78 is 16.7. The third-order valence-electron chi connectivity index (χ3n) is 3.94. The van der Waals surface area contributed by atoms with Gasteiger partial charge in [0.05, 0.1) is 31.0 Å². The highest BCUT2D eigenvalue weighted by molar-refractivity contribution is 7.09. The van der Waals surface area contributed by atoms with E-state index in [0.29, 0.717) is 40.3 Å².